The number of aromatic nitrogens is 2. The first-order chi connectivity index (χ1) is 16.3. The Bertz CT molecular complexity index is 1220. The van der Waals surface area contributed by atoms with E-state index in [4.69, 9.17) is 9.84 Å². The van der Waals surface area contributed by atoms with Crippen molar-refractivity contribution < 1.29 is 13.2 Å². The molecule has 0 fully saturated rings. The van der Waals surface area contributed by atoms with E-state index in [2.05, 4.69) is 29.2 Å². The summed E-state index contributed by atoms with van der Waals surface area (Å²) in [5.41, 5.74) is 5.19. The van der Waals surface area contributed by atoms with Gasteiger partial charge in [0, 0.05) is 38.2 Å². The zero-order valence-electron chi connectivity index (χ0n) is 20.4. The maximum atomic E-state index is 12.6. The van der Waals surface area contributed by atoms with Gasteiger partial charge in [0.15, 0.2) is 0 Å². The topological polar surface area (TPSA) is 67.7 Å². The lowest BCUT2D eigenvalue weighted by Gasteiger charge is -2.28. The van der Waals surface area contributed by atoms with Crippen LogP contribution in [0.2, 0.25) is 0 Å². The van der Waals surface area contributed by atoms with Gasteiger partial charge in [-0.2, -0.15) is 9.40 Å². The summed E-state index contributed by atoms with van der Waals surface area (Å²) in [5.74, 6) is 0.963. The van der Waals surface area contributed by atoms with Gasteiger partial charge in [-0.1, -0.05) is 56.3 Å². The van der Waals surface area contributed by atoms with Crippen molar-refractivity contribution in [1.29, 1.82) is 0 Å². The lowest BCUT2D eigenvalue weighted by atomic mass is 10.0. The van der Waals surface area contributed by atoms with Gasteiger partial charge in [-0.15, -0.1) is 0 Å². The molecule has 0 unspecified atom stereocenters. The molecular weight excluding hydrogens is 448 g/mol. The third-order valence-corrected chi connectivity index (χ3v) is 7.36. The lowest BCUT2D eigenvalue weighted by Crippen LogP contribution is -2.34. The van der Waals surface area contributed by atoms with E-state index in [9.17, 15) is 8.42 Å². The Hall–Kier alpha value is -2.68. The molecule has 34 heavy (non-hydrogen) atoms. The SMILES string of the molecule is COc1ccccc1-n1nc(CN(CC(C)C)S(C)(=O)=O)c2c1CCN(Cc1ccccc1)C2. The standard InChI is InChI=1S/C26H34N4O3S/c1-20(2)16-29(34(4,31)32)19-23-22-18-28(17-21-10-6-5-7-11-21)15-14-24(22)30(27-23)25-12-8-9-13-26(25)33-3/h5-13,20H,14-19H2,1-4H3. The van der Waals surface area contributed by atoms with Crippen molar-refractivity contribution >= 4 is 10.0 Å². The van der Waals surface area contributed by atoms with E-state index in [-0.39, 0.29) is 12.5 Å². The van der Waals surface area contributed by atoms with E-state index >= 15 is 0 Å². The number of rotatable bonds is 9. The second kappa shape index (κ2) is 10.3. The Kier molecular flexibility index (Phi) is 7.40. The van der Waals surface area contributed by atoms with Crippen molar-refractivity contribution in [3.05, 3.63) is 77.1 Å². The summed E-state index contributed by atoms with van der Waals surface area (Å²) in [7, 11) is -1.71. The van der Waals surface area contributed by atoms with Gasteiger partial charge in [0.2, 0.25) is 10.0 Å². The van der Waals surface area contributed by atoms with Crippen LogP contribution in [0.4, 0.5) is 0 Å². The van der Waals surface area contributed by atoms with Gasteiger partial charge in [-0.3, -0.25) is 4.90 Å². The molecule has 1 aliphatic rings. The number of hydrogen-bond acceptors (Lipinski definition) is 5. The minimum absolute atomic E-state index is 0.219. The monoisotopic (exact) mass is 482 g/mol. The summed E-state index contributed by atoms with van der Waals surface area (Å²) < 4.78 is 34.3. The molecule has 0 bridgehead atoms. The summed E-state index contributed by atoms with van der Waals surface area (Å²) >= 11 is 0. The second-order valence-corrected chi connectivity index (χ2v) is 11.3. The van der Waals surface area contributed by atoms with Crippen LogP contribution in [0.15, 0.2) is 54.6 Å². The zero-order valence-corrected chi connectivity index (χ0v) is 21.3. The Balaban J connectivity index is 1.74. The molecule has 4 rings (SSSR count). The number of sulfonamides is 1. The first-order valence-electron chi connectivity index (χ1n) is 11.7. The number of hydrogen-bond donors (Lipinski definition) is 0. The van der Waals surface area contributed by atoms with E-state index in [0.29, 0.717) is 6.54 Å². The number of ether oxygens (including phenoxy) is 1. The molecule has 2 aromatic carbocycles. The molecule has 0 saturated carbocycles. The van der Waals surface area contributed by atoms with Gasteiger partial charge < -0.3 is 4.74 Å². The molecule has 0 amide bonds. The second-order valence-electron chi connectivity index (χ2n) is 9.35. The van der Waals surface area contributed by atoms with Crippen LogP contribution in [0, 0.1) is 5.92 Å². The molecule has 182 valence electrons. The molecule has 1 aromatic heterocycles. The van der Waals surface area contributed by atoms with E-state index < -0.39 is 10.0 Å². The highest BCUT2D eigenvalue weighted by molar-refractivity contribution is 7.88. The molecule has 0 N–H and O–H groups in total. The van der Waals surface area contributed by atoms with Crippen molar-refractivity contribution in [2.45, 2.75) is 39.9 Å². The van der Waals surface area contributed by atoms with E-state index in [0.717, 1.165) is 54.4 Å². The first-order valence-corrected chi connectivity index (χ1v) is 13.6. The summed E-state index contributed by atoms with van der Waals surface area (Å²) in [6.07, 6.45) is 2.11. The normalized spacial score (nSPS) is 14.5. The quantitative estimate of drug-likeness (QED) is 0.463. The molecule has 3 aromatic rings. The fourth-order valence-corrected chi connectivity index (χ4v) is 5.47. The van der Waals surface area contributed by atoms with Crippen molar-refractivity contribution in [3.8, 4) is 11.4 Å². The van der Waals surface area contributed by atoms with Crippen molar-refractivity contribution in [1.82, 2.24) is 19.0 Å². The van der Waals surface area contributed by atoms with Crippen LogP contribution in [0.1, 0.15) is 36.4 Å². The average molecular weight is 483 g/mol. The van der Waals surface area contributed by atoms with Crippen molar-refractivity contribution in [3.63, 3.8) is 0 Å². The molecular formula is C26H34N4O3S. The minimum atomic E-state index is -3.37. The largest absolute Gasteiger partial charge is 0.494 e. The van der Waals surface area contributed by atoms with Crippen molar-refractivity contribution in [2.24, 2.45) is 5.92 Å². The molecule has 0 aliphatic carbocycles. The molecule has 1 aliphatic heterocycles. The minimum Gasteiger partial charge on any atom is -0.494 e. The van der Waals surface area contributed by atoms with Crippen molar-refractivity contribution in [2.75, 3.05) is 26.5 Å². The average Bonchev–Trinajstić information content (AvgIpc) is 3.16. The molecule has 0 radical (unpaired) electrons. The number of para-hydroxylation sites is 2. The molecule has 7 nitrogen and oxygen atoms in total. The summed E-state index contributed by atoms with van der Waals surface area (Å²) in [6.45, 7) is 7.27. The molecule has 2 heterocycles. The van der Waals surface area contributed by atoms with Crippen LogP contribution < -0.4 is 4.74 Å². The Morgan fingerprint density at radius 3 is 2.47 bits per heavy atom. The van der Waals surface area contributed by atoms with Gasteiger partial charge in [0.25, 0.3) is 0 Å². The van der Waals surface area contributed by atoms with Gasteiger partial charge in [0.1, 0.15) is 11.4 Å². The van der Waals surface area contributed by atoms with Gasteiger partial charge in [0.05, 0.1) is 31.3 Å². The van der Waals surface area contributed by atoms with Crippen LogP contribution >= 0.6 is 0 Å². The first kappa shape index (κ1) is 24.4. The zero-order chi connectivity index (χ0) is 24.3. The Morgan fingerprint density at radius 1 is 1.09 bits per heavy atom. The van der Waals surface area contributed by atoms with Crippen LogP contribution in [-0.4, -0.2) is 53.9 Å². The Morgan fingerprint density at radius 2 is 1.79 bits per heavy atom. The smallest absolute Gasteiger partial charge is 0.211 e. The molecule has 8 heteroatoms. The Labute approximate surface area is 203 Å². The number of nitrogens with zero attached hydrogens (tertiary/aromatic N) is 4. The van der Waals surface area contributed by atoms with Gasteiger partial charge in [-0.25, -0.2) is 13.1 Å². The summed E-state index contributed by atoms with van der Waals surface area (Å²) in [5, 5.41) is 4.98. The third kappa shape index (κ3) is 5.51. The molecule has 0 saturated heterocycles. The van der Waals surface area contributed by atoms with Crippen LogP contribution in [0.3, 0.4) is 0 Å². The maximum absolute atomic E-state index is 12.6. The van der Waals surface area contributed by atoms with E-state index in [1.165, 1.54) is 11.8 Å². The summed E-state index contributed by atoms with van der Waals surface area (Å²) in [4.78, 5) is 2.41. The fourth-order valence-electron chi connectivity index (χ4n) is 4.54. The third-order valence-electron chi connectivity index (χ3n) is 6.15. The molecule has 0 spiro atoms. The highest BCUT2D eigenvalue weighted by Crippen LogP contribution is 2.31. The van der Waals surface area contributed by atoms with E-state index in [1.54, 1.807) is 11.4 Å². The van der Waals surface area contributed by atoms with E-state index in [1.807, 2.05) is 48.9 Å². The predicted molar refractivity (Wildman–Crippen MR) is 134 cm³/mol. The van der Waals surface area contributed by atoms with Crippen LogP contribution in [0.5, 0.6) is 5.75 Å². The number of fused-ring (bicyclic) bond motifs is 1. The van der Waals surface area contributed by atoms with Crippen LogP contribution in [-0.2, 0) is 36.1 Å². The molecule has 0 atom stereocenters. The van der Waals surface area contributed by atoms with Gasteiger partial charge >= 0.3 is 0 Å². The fraction of sp³-hybridized carbons (Fsp3) is 0.423. The lowest BCUT2D eigenvalue weighted by molar-refractivity contribution is 0.242. The van der Waals surface area contributed by atoms with Crippen LogP contribution in [0.25, 0.3) is 5.69 Å². The summed E-state index contributed by atoms with van der Waals surface area (Å²) in [6, 6.07) is 18.3. The highest BCUT2D eigenvalue weighted by Gasteiger charge is 2.29. The predicted octanol–water partition coefficient (Wildman–Crippen LogP) is 3.86. The maximum Gasteiger partial charge on any atom is 0.211 e. The number of methoxy groups -OCH3 is 1. The van der Waals surface area contributed by atoms with Gasteiger partial charge in [-0.05, 0) is 23.6 Å². The number of benzene rings is 2. The highest BCUT2D eigenvalue weighted by atomic mass is 32.2.